The van der Waals surface area contributed by atoms with Gasteiger partial charge in [-0.25, -0.2) is 0 Å². The van der Waals surface area contributed by atoms with E-state index in [4.69, 9.17) is 4.74 Å². The highest BCUT2D eigenvalue weighted by molar-refractivity contribution is 5.89. The average molecular weight is 343 g/mol. The van der Waals surface area contributed by atoms with Gasteiger partial charge in [-0.15, -0.1) is 0 Å². The van der Waals surface area contributed by atoms with Crippen molar-refractivity contribution in [1.82, 2.24) is 15.2 Å². The fraction of sp³-hybridized carbons (Fsp3) is 0.632. The summed E-state index contributed by atoms with van der Waals surface area (Å²) in [5, 5.41) is 3.05. The van der Waals surface area contributed by atoms with E-state index in [0.717, 1.165) is 38.5 Å². The molecule has 3 aliphatic rings. The summed E-state index contributed by atoms with van der Waals surface area (Å²) in [5.41, 5.74) is 0. The van der Waals surface area contributed by atoms with Gasteiger partial charge < -0.3 is 15.0 Å². The molecule has 2 aliphatic carbocycles. The van der Waals surface area contributed by atoms with Gasteiger partial charge in [0.25, 0.3) is 0 Å². The number of hydrogen-bond acceptors (Lipinski definition) is 4. The summed E-state index contributed by atoms with van der Waals surface area (Å²) in [6, 6.07) is 3.57. The van der Waals surface area contributed by atoms with Gasteiger partial charge >= 0.3 is 0 Å². The SMILES string of the molecule is O=C(NC1CC1)[C@@H]1C[C@H](Oc2cccnc2)CN1C(=O)C1CCCC1. The standard InChI is InChI=1S/C19H25N3O3/c23-18(21-14-7-8-14)17-10-16(25-15-6-3-9-20-11-15)12-22(17)19(24)13-4-1-2-5-13/h3,6,9,11,13-14,16-17H,1-2,4-5,7-8,10,12H2,(H,21,23)/t16-,17-/m0/s1. The van der Waals surface area contributed by atoms with Crippen molar-refractivity contribution in [1.29, 1.82) is 0 Å². The zero-order valence-corrected chi connectivity index (χ0v) is 14.4. The number of rotatable bonds is 5. The van der Waals surface area contributed by atoms with Crippen LogP contribution in [0.15, 0.2) is 24.5 Å². The molecular weight excluding hydrogens is 318 g/mol. The van der Waals surface area contributed by atoms with Crippen LogP contribution in [0.1, 0.15) is 44.9 Å². The first kappa shape index (κ1) is 16.4. The van der Waals surface area contributed by atoms with Crippen molar-refractivity contribution in [3.63, 3.8) is 0 Å². The highest BCUT2D eigenvalue weighted by Gasteiger charge is 2.44. The Bertz CT molecular complexity index is 626. The van der Waals surface area contributed by atoms with Crippen LogP contribution in [0, 0.1) is 5.92 Å². The Hall–Kier alpha value is -2.11. The number of pyridine rings is 1. The molecule has 134 valence electrons. The van der Waals surface area contributed by atoms with Crippen molar-refractivity contribution < 1.29 is 14.3 Å². The van der Waals surface area contributed by atoms with E-state index in [-0.39, 0.29) is 23.8 Å². The fourth-order valence-corrected chi connectivity index (χ4v) is 3.92. The van der Waals surface area contributed by atoms with Gasteiger partial charge in [-0.05, 0) is 37.8 Å². The molecule has 0 unspecified atom stereocenters. The molecule has 1 aromatic heterocycles. The van der Waals surface area contributed by atoms with Crippen molar-refractivity contribution in [3.8, 4) is 5.75 Å². The monoisotopic (exact) mass is 343 g/mol. The Morgan fingerprint density at radius 2 is 2.00 bits per heavy atom. The molecular formula is C19H25N3O3. The molecule has 0 spiro atoms. The summed E-state index contributed by atoms with van der Waals surface area (Å²) in [6.07, 6.45) is 9.95. The normalized spacial score (nSPS) is 26.6. The highest BCUT2D eigenvalue weighted by Crippen LogP contribution is 2.31. The van der Waals surface area contributed by atoms with Gasteiger partial charge in [0.1, 0.15) is 17.9 Å². The molecule has 2 heterocycles. The number of aromatic nitrogens is 1. The molecule has 0 bridgehead atoms. The molecule has 3 fully saturated rings. The number of carbonyl (C=O) groups excluding carboxylic acids is 2. The van der Waals surface area contributed by atoms with Crippen LogP contribution in [-0.2, 0) is 9.59 Å². The Kier molecular flexibility index (Phi) is 4.59. The van der Waals surface area contributed by atoms with Crippen LogP contribution in [0.4, 0.5) is 0 Å². The Morgan fingerprint density at radius 1 is 1.20 bits per heavy atom. The van der Waals surface area contributed by atoms with Crippen LogP contribution in [0.5, 0.6) is 5.75 Å². The molecule has 25 heavy (non-hydrogen) atoms. The van der Waals surface area contributed by atoms with Crippen LogP contribution >= 0.6 is 0 Å². The second-order valence-corrected chi connectivity index (χ2v) is 7.43. The highest BCUT2D eigenvalue weighted by atomic mass is 16.5. The van der Waals surface area contributed by atoms with Gasteiger partial charge in [0.05, 0.1) is 12.7 Å². The maximum Gasteiger partial charge on any atom is 0.243 e. The van der Waals surface area contributed by atoms with E-state index in [1.807, 2.05) is 12.1 Å². The summed E-state index contributed by atoms with van der Waals surface area (Å²) >= 11 is 0. The number of hydrogen-bond donors (Lipinski definition) is 1. The topological polar surface area (TPSA) is 71.5 Å². The predicted octanol–water partition coefficient (Wildman–Crippen LogP) is 1.90. The number of nitrogens with zero attached hydrogens (tertiary/aromatic N) is 2. The zero-order valence-electron chi connectivity index (χ0n) is 14.4. The van der Waals surface area contributed by atoms with Gasteiger partial charge in [-0.1, -0.05) is 12.8 Å². The van der Waals surface area contributed by atoms with Crippen molar-refractivity contribution in [2.45, 2.75) is 63.1 Å². The first-order chi connectivity index (χ1) is 12.2. The second kappa shape index (κ2) is 7.02. The second-order valence-electron chi connectivity index (χ2n) is 7.43. The van der Waals surface area contributed by atoms with Crippen molar-refractivity contribution in [2.24, 2.45) is 5.92 Å². The number of amides is 2. The first-order valence-corrected chi connectivity index (χ1v) is 9.38. The molecule has 6 heteroatoms. The minimum Gasteiger partial charge on any atom is -0.487 e. The fourth-order valence-electron chi connectivity index (χ4n) is 3.92. The Morgan fingerprint density at radius 3 is 2.68 bits per heavy atom. The van der Waals surface area contributed by atoms with Crippen LogP contribution in [0.25, 0.3) is 0 Å². The minimum atomic E-state index is -0.407. The number of nitrogens with one attached hydrogen (secondary N) is 1. The molecule has 4 rings (SSSR count). The minimum absolute atomic E-state index is 0.0221. The van der Waals surface area contributed by atoms with Crippen molar-refractivity contribution in [2.75, 3.05) is 6.54 Å². The molecule has 1 saturated heterocycles. The van der Waals surface area contributed by atoms with Gasteiger partial charge in [-0.3, -0.25) is 14.6 Å². The third kappa shape index (κ3) is 3.78. The predicted molar refractivity (Wildman–Crippen MR) is 91.9 cm³/mol. The lowest BCUT2D eigenvalue weighted by molar-refractivity contribution is -0.141. The van der Waals surface area contributed by atoms with E-state index >= 15 is 0 Å². The lowest BCUT2D eigenvalue weighted by atomic mass is 10.1. The molecule has 0 radical (unpaired) electrons. The van der Waals surface area contributed by atoms with E-state index < -0.39 is 6.04 Å². The summed E-state index contributed by atoms with van der Waals surface area (Å²) in [7, 11) is 0. The van der Waals surface area contributed by atoms with E-state index in [0.29, 0.717) is 24.8 Å². The molecule has 2 amide bonds. The molecule has 0 aromatic carbocycles. The van der Waals surface area contributed by atoms with Crippen molar-refractivity contribution >= 4 is 11.8 Å². The summed E-state index contributed by atoms with van der Waals surface area (Å²) in [5.74, 6) is 0.870. The van der Waals surface area contributed by atoms with E-state index in [9.17, 15) is 9.59 Å². The smallest absolute Gasteiger partial charge is 0.243 e. The lowest BCUT2D eigenvalue weighted by Crippen LogP contribution is -2.48. The maximum absolute atomic E-state index is 12.9. The zero-order chi connectivity index (χ0) is 17.2. The first-order valence-electron chi connectivity index (χ1n) is 9.38. The number of carbonyl (C=O) groups is 2. The molecule has 1 N–H and O–H groups in total. The van der Waals surface area contributed by atoms with E-state index in [1.165, 1.54) is 0 Å². The quantitative estimate of drug-likeness (QED) is 0.886. The molecule has 2 atom stereocenters. The van der Waals surface area contributed by atoms with Gasteiger partial charge in [0.2, 0.25) is 11.8 Å². The molecule has 1 aliphatic heterocycles. The summed E-state index contributed by atoms with van der Waals surface area (Å²) in [6.45, 7) is 0.479. The van der Waals surface area contributed by atoms with E-state index in [2.05, 4.69) is 10.3 Å². The van der Waals surface area contributed by atoms with Gasteiger partial charge in [-0.2, -0.15) is 0 Å². The Balaban J connectivity index is 1.46. The Labute approximate surface area is 147 Å². The van der Waals surface area contributed by atoms with Gasteiger partial charge in [0, 0.05) is 24.6 Å². The van der Waals surface area contributed by atoms with Crippen LogP contribution in [-0.4, -0.2) is 46.4 Å². The maximum atomic E-state index is 12.9. The summed E-state index contributed by atoms with van der Waals surface area (Å²) in [4.78, 5) is 31.4. The van der Waals surface area contributed by atoms with Crippen LogP contribution < -0.4 is 10.1 Å². The number of ether oxygens (including phenoxy) is 1. The largest absolute Gasteiger partial charge is 0.487 e. The molecule has 1 aromatic rings. The van der Waals surface area contributed by atoms with Gasteiger partial charge in [0.15, 0.2) is 0 Å². The van der Waals surface area contributed by atoms with Crippen molar-refractivity contribution in [3.05, 3.63) is 24.5 Å². The third-order valence-corrected chi connectivity index (χ3v) is 5.41. The van der Waals surface area contributed by atoms with E-state index in [1.54, 1.807) is 17.3 Å². The third-order valence-electron chi connectivity index (χ3n) is 5.41. The van der Waals surface area contributed by atoms with Crippen LogP contribution in [0.3, 0.4) is 0 Å². The molecule has 6 nitrogen and oxygen atoms in total. The summed E-state index contributed by atoms with van der Waals surface area (Å²) < 4.78 is 5.98. The lowest BCUT2D eigenvalue weighted by Gasteiger charge is -2.26. The molecule has 2 saturated carbocycles. The van der Waals surface area contributed by atoms with Crippen LogP contribution in [0.2, 0.25) is 0 Å². The average Bonchev–Trinajstić information content (AvgIpc) is 3.12. The number of likely N-dealkylation sites (tertiary alicyclic amines) is 1.